The molecule has 0 saturated heterocycles. The molecule has 0 aromatic rings. The Balaban J connectivity index is 3.23. The molecule has 0 amide bonds. The van der Waals surface area contributed by atoms with Crippen LogP contribution in [0.5, 0.6) is 0 Å². The van der Waals surface area contributed by atoms with Gasteiger partial charge in [-0.3, -0.25) is 0 Å². The summed E-state index contributed by atoms with van der Waals surface area (Å²) in [6.45, 7) is 5.26. The molecule has 0 heterocycles. The molecule has 0 atom stereocenters. The third-order valence-electron chi connectivity index (χ3n) is 1.99. The normalized spacial score (nSPS) is 12.0. The molecular weight excluding hydrogens is 138 g/mol. The first kappa shape index (κ1) is 10.9. The zero-order chi connectivity index (χ0) is 8.74. The monoisotopic (exact) mass is 159 g/mol. The van der Waals surface area contributed by atoms with Crippen LogP contribution in [-0.4, -0.2) is 18.3 Å². The predicted molar refractivity (Wildman–Crippen MR) is 48.4 cm³/mol. The number of nitrogens with two attached hydrogens (primary N) is 1. The van der Waals surface area contributed by atoms with Gasteiger partial charge < -0.3 is 10.8 Å². The van der Waals surface area contributed by atoms with Gasteiger partial charge in [-0.05, 0) is 24.8 Å². The highest BCUT2D eigenvalue weighted by Gasteiger charge is 2.14. The number of unbranched alkanes of at least 4 members (excludes halogenated alkanes) is 2. The zero-order valence-corrected chi connectivity index (χ0v) is 7.77. The fraction of sp³-hybridized carbons (Fsp3) is 1.00. The lowest BCUT2D eigenvalue weighted by Gasteiger charge is -2.20. The molecule has 0 aliphatic carbocycles. The van der Waals surface area contributed by atoms with Gasteiger partial charge in [0.2, 0.25) is 0 Å². The Kier molecular flexibility index (Phi) is 5.51. The Labute approximate surface area is 69.8 Å². The molecule has 0 unspecified atom stereocenters. The fourth-order valence-electron chi connectivity index (χ4n) is 1.00. The second kappa shape index (κ2) is 5.56. The van der Waals surface area contributed by atoms with Crippen molar-refractivity contribution in [1.82, 2.24) is 0 Å². The van der Waals surface area contributed by atoms with E-state index in [0.717, 1.165) is 19.4 Å². The van der Waals surface area contributed by atoms with E-state index in [9.17, 15) is 0 Å². The van der Waals surface area contributed by atoms with E-state index in [4.69, 9.17) is 10.8 Å². The van der Waals surface area contributed by atoms with E-state index in [1.165, 1.54) is 12.8 Å². The second-order valence-electron chi connectivity index (χ2n) is 3.92. The standard InChI is InChI=1S/C9H21NO/c1-9(2,8-11)6-4-3-5-7-10/h11H,3-8,10H2,1-2H3. The van der Waals surface area contributed by atoms with Gasteiger partial charge in [-0.25, -0.2) is 0 Å². The molecule has 0 aliphatic rings. The number of rotatable bonds is 6. The largest absolute Gasteiger partial charge is 0.396 e. The Morgan fingerprint density at radius 1 is 1.18 bits per heavy atom. The third-order valence-corrected chi connectivity index (χ3v) is 1.99. The molecule has 0 radical (unpaired) electrons. The minimum atomic E-state index is 0.106. The van der Waals surface area contributed by atoms with Crippen molar-refractivity contribution >= 4 is 0 Å². The van der Waals surface area contributed by atoms with Gasteiger partial charge in [0.1, 0.15) is 0 Å². The van der Waals surface area contributed by atoms with Gasteiger partial charge in [-0.1, -0.05) is 26.7 Å². The summed E-state index contributed by atoms with van der Waals surface area (Å²) in [6, 6.07) is 0. The van der Waals surface area contributed by atoms with Crippen LogP contribution >= 0.6 is 0 Å². The molecule has 2 heteroatoms. The van der Waals surface area contributed by atoms with E-state index >= 15 is 0 Å². The van der Waals surface area contributed by atoms with E-state index in [2.05, 4.69) is 13.8 Å². The molecule has 0 fully saturated rings. The number of aliphatic hydroxyl groups is 1. The van der Waals surface area contributed by atoms with Crippen LogP contribution in [0.2, 0.25) is 0 Å². The van der Waals surface area contributed by atoms with Gasteiger partial charge in [0.05, 0.1) is 0 Å². The third kappa shape index (κ3) is 6.32. The molecule has 11 heavy (non-hydrogen) atoms. The average molecular weight is 159 g/mol. The molecular formula is C9H21NO. The molecule has 0 bridgehead atoms. The number of hydrogen-bond acceptors (Lipinski definition) is 2. The van der Waals surface area contributed by atoms with Crippen LogP contribution in [-0.2, 0) is 0 Å². The summed E-state index contributed by atoms with van der Waals surface area (Å²) < 4.78 is 0. The van der Waals surface area contributed by atoms with Gasteiger partial charge in [0, 0.05) is 6.61 Å². The van der Waals surface area contributed by atoms with Crippen LogP contribution in [0.15, 0.2) is 0 Å². The van der Waals surface area contributed by atoms with Gasteiger partial charge in [-0.15, -0.1) is 0 Å². The highest BCUT2D eigenvalue weighted by Crippen LogP contribution is 2.22. The van der Waals surface area contributed by atoms with E-state index in [-0.39, 0.29) is 12.0 Å². The molecule has 2 nitrogen and oxygen atoms in total. The van der Waals surface area contributed by atoms with Crippen molar-refractivity contribution in [2.75, 3.05) is 13.2 Å². The number of aliphatic hydroxyl groups excluding tert-OH is 1. The molecule has 0 aromatic heterocycles. The Morgan fingerprint density at radius 2 is 1.82 bits per heavy atom. The first-order valence-corrected chi connectivity index (χ1v) is 4.43. The molecule has 0 rings (SSSR count). The molecule has 0 aliphatic heterocycles. The van der Waals surface area contributed by atoms with Crippen LogP contribution in [0.3, 0.4) is 0 Å². The van der Waals surface area contributed by atoms with Gasteiger partial charge in [0.25, 0.3) is 0 Å². The van der Waals surface area contributed by atoms with Crippen LogP contribution in [0.1, 0.15) is 39.5 Å². The van der Waals surface area contributed by atoms with Gasteiger partial charge in [0.15, 0.2) is 0 Å². The maximum atomic E-state index is 8.93. The first-order valence-electron chi connectivity index (χ1n) is 4.43. The van der Waals surface area contributed by atoms with E-state index < -0.39 is 0 Å². The van der Waals surface area contributed by atoms with Crippen LogP contribution in [0.4, 0.5) is 0 Å². The lowest BCUT2D eigenvalue weighted by molar-refractivity contribution is 0.147. The summed E-state index contributed by atoms with van der Waals surface area (Å²) in [5.74, 6) is 0. The topological polar surface area (TPSA) is 46.2 Å². The SMILES string of the molecule is CC(C)(CO)CCCCCN. The van der Waals surface area contributed by atoms with E-state index in [0.29, 0.717) is 0 Å². The van der Waals surface area contributed by atoms with Gasteiger partial charge in [-0.2, -0.15) is 0 Å². The molecule has 0 spiro atoms. The van der Waals surface area contributed by atoms with Crippen molar-refractivity contribution < 1.29 is 5.11 Å². The van der Waals surface area contributed by atoms with E-state index in [1.54, 1.807) is 0 Å². The smallest absolute Gasteiger partial charge is 0.0482 e. The summed E-state index contributed by atoms with van der Waals surface area (Å²) in [7, 11) is 0. The lowest BCUT2D eigenvalue weighted by Crippen LogP contribution is -2.16. The summed E-state index contributed by atoms with van der Waals surface area (Å²) >= 11 is 0. The van der Waals surface area contributed by atoms with Crippen molar-refractivity contribution in [2.45, 2.75) is 39.5 Å². The summed E-state index contributed by atoms with van der Waals surface area (Å²) in [5.41, 5.74) is 5.47. The Morgan fingerprint density at radius 3 is 2.27 bits per heavy atom. The molecule has 0 saturated carbocycles. The highest BCUT2D eigenvalue weighted by molar-refractivity contribution is 4.66. The lowest BCUT2D eigenvalue weighted by atomic mass is 9.88. The summed E-state index contributed by atoms with van der Waals surface area (Å²) in [4.78, 5) is 0. The Hall–Kier alpha value is -0.0800. The quantitative estimate of drug-likeness (QED) is 0.577. The van der Waals surface area contributed by atoms with Crippen molar-refractivity contribution in [1.29, 1.82) is 0 Å². The number of hydrogen-bond donors (Lipinski definition) is 2. The van der Waals surface area contributed by atoms with Crippen LogP contribution in [0.25, 0.3) is 0 Å². The summed E-state index contributed by atoms with van der Waals surface area (Å²) in [6.07, 6.45) is 4.59. The maximum absolute atomic E-state index is 8.93. The molecule has 0 aromatic carbocycles. The first-order chi connectivity index (χ1) is 5.12. The van der Waals surface area contributed by atoms with E-state index in [1.807, 2.05) is 0 Å². The summed E-state index contributed by atoms with van der Waals surface area (Å²) in [5, 5.41) is 8.93. The van der Waals surface area contributed by atoms with Crippen molar-refractivity contribution in [3.63, 3.8) is 0 Å². The van der Waals surface area contributed by atoms with Crippen LogP contribution in [0, 0.1) is 5.41 Å². The molecule has 3 N–H and O–H groups in total. The minimum Gasteiger partial charge on any atom is -0.396 e. The molecule has 68 valence electrons. The maximum Gasteiger partial charge on any atom is 0.0482 e. The Bertz CT molecular complexity index is 91.6. The second-order valence-corrected chi connectivity index (χ2v) is 3.92. The van der Waals surface area contributed by atoms with Gasteiger partial charge >= 0.3 is 0 Å². The zero-order valence-electron chi connectivity index (χ0n) is 7.77. The van der Waals surface area contributed by atoms with Crippen molar-refractivity contribution in [3.05, 3.63) is 0 Å². The van der Waals surface area contributed by atoms with Crippen LogP contribution < -0.4 is 5.73 Å². The highest BCUT2D eigenvalue weighted by atomic mass is 16.3. The minimum absolute atomic E-state index is 0.106. The predicted octanol–water partition coefficient (Wildman–Crippen LogP) is 1.52. The van der Waals surface area contributed by atoms with Crippen molar-refractivity contribution in [2.24, 2.45) is 11.1 Å². The average Bonchev–Trinajstić information content (AvgIpc) is 1.99. The fourth-order valence-corrected chi connectivity index (χ4v) is 1.00. The van der Waals surface area contributed by atoms with Crippen molar-refractivity contribution in [3.8, 4) is 0 Å².